The van der Waals surface area contributed by atoms with Crippen LogP contribution in [0.15, 0.2) is 6.08 Å². The smallest absolute Gasteiger partial charge is 0.340 e. The van der Waals surface area contributed by atoms with Gasteiger partial charge in [-0.15, -0.1) is 0 Å². The number of likely N-dealkylation sites (N-methyl/N-ethyl adjacent to an activating group) is 1. The molecule has 1 saturated carbocycles. The van der Waals surface area contributed by atoms with Crippen molar-refractivity contribution in [1.82, 2.24) is 9.47 Å². The van der Waals surface area contributed by atoms with Gasteiger partial charge >= 0.3 is 5.97 Å². The van der Waals surface area contributed by atoms with Crippen molar-refractivity contribution < 1.29 is 14.3 Å². The van der Waals surface area contributed by atoms with Crippen molar-refractivity contribution in [3.05, 3.63) is 28.6 Å². The molecule has 0 N–H and O–H groups in total. The predicted octanol–water partition coefficient (Wildman–Crippen LogP) is 3.57. The molecule has 5 nitrogen and oxygen atoms in total. The first kappa shape index (κ1) is 19.3. The Morgan fingerprint density at radius 1 is 1.28 bits per heavy atom. The molecule has 0 radical (unpaired) electrons. The fourth-order valence-corrected chi connectivity index (χ4v) is 3.41. The predicted molar refractivity (Wildman–Crippen MR) is 99.5 cm³/mol. The molecule has 1 aliphatic carbocycles. The maximum Gasteiger partial charge on any atom is 0.340 e. The summed E-state index contributed by atoms with van der Waals surface area (Å²) in [7, 11) is 1.84. The van der Waals surface area contributed by atoms with Gasteiger partial charge in [-0.25, -0.2) is 4.79 Å². The summed E-state index contributed by atoms with van der Waals surface area (Å²) >= 11 is 0. The average molecular weight is 346 g/mol. The van der Waals surface area contributed by atoms with E-state index in [9.17, 15) is 9.59 Å². The van der Waals surface area contributed by atoms with Crippen LogP contribution in [0.5, 0.6) is 0 Å². The monoisotopic (exact) mass is 346 g/mol. The Labute approximate surface area is 150 Å². The Bertz CT molecular complexity index is 684. The van der Waals surface area contributed by atoms with E-state index in [1.54, 1.807) is 24.0 Å². The van der Waals surface area contributed by atoms with E-state index in [2.05, 4.69) is 11.5 Å². The van der Waals surface area contributed by atoms with E-state index in [0.717, 1.165) is 23.5 Å². The van der Waals surface area contributed by atoms with Gasteiger partial charge in [-0.05, 0) is 59.5 Å². The number of hydrogen-bond acceptors (Lipinski definition) is 3. The van der Waals surface area contributed by atoms with Crippen molar-refractivity contribution in [2.45, 2.75) is 60.0 Å². The van der Waals surface area contributed by atoms with Crippen LogP contribution in [0.3, 0.4) is 0 Å². The molecule has 0 aliphatic heterocycles. The van der Waals surface area contributed by atoms with Gasteiger partial charge in [0, 0.05) is 42.7 Å². The first-order valence-corrected chi connectivity index (χ1v) is 9.15. The van der Waals surface area contributed by atoms with Gasteiger partial charge in [-0.2, -0.15) is 0 Å². The number of amides is 1. The standard InChI is InChI=1S/C20H30N2O3/c1-7-22-14(4)17(19(15(22)5)20(24)25-8-2)11-12-18(23)21(6)13(3)16-9-10-16/h11-13,16H,7-10H2,1-6H3/b12-11+. The number of esters is 1. The number of ether oxygens (including phenoxy) is 1. The highest BCUT2D eigenvalue weighted by atomic mass is 16.5. The molecule has 1 aliphatic rings. The summed E-state index contributed by atoms with van der Waals surface area (Å²) < 4.78 is 7.29. The van der Waals surface area contributed by atoms with Gasteiger partial charge in [0.2, 0.25) is 5.91 Å². The Balaban J connectivity index is 2.30. The summed E-state index contributed by atoms with van der Waals surface area (Å²) in [5.41, 5.74) is 3.19. The summed E-state index contributed by atoms with van der Waals surface area (Å²) in [6.07, 6.45) is 5.74. The van der Waals surface area contributed by atoms with Crippen LogP contribution in [0.2, 0.25) is 0 Å². The van der Waals surface area contributed by atoms with E-state index in [1.165, 1.54) is 12.8 Å². The zero-order chi connectivity index (χ0) is 18.7. The Kier molecular flexibility index (Phi) is 6.09. The lowest BCUT2D eigenvalue weighted by Crippen LogP contribution is -2.35. The number of carbonyl (C=O) groups is 2. The number of hydrogen-bond donors (Lipinski definition) is 0. The molecule has 5 heteroatoms. The molecule has 1 aromatic rings. The van der Waals surface area contributed by atoms with E-state index in [4.69, 9.17) is 4.74 Å². The van der Waals surface area contributed by atoms with E-state index in [-0.39, 0.29) is 17.9 Å². The summed E-state index contributed by atoms with van der Waals surface area (Å²) in [6, 6.07) is 0.254. The number of carbonyl (C=O) groups excluding carboxylic acids is 2. The van der Waals surface area contributed by atoms with Crippen LogP contribution in [-0.2, 0) is 16.1 Å². The van der Waals surface area contributed by atoms with Crippen molar-refractivity contribution in [2.75, 3.05) is 13.7 Å². The van der Waals surface area contributed by atoms with Crippen LogP contribution < -0.4 is 0 Å². The van der Waals surface area contributed by atoms with Crippen LogP contribution in [0.1, 0.15) is 60.9 Å². The Morgan fingerprint density at radius 3 is 2.44 bits per heavy atom. The highest BCUT2D eigenvalue weighted by Gasteiger charge is 2.32. The number of aromatic nitrogens is 1. The first-order valence-electron chi connectivity index (χ1n) is 9.15. The topological polar surface area (TPSA) is 51.5 Å². The molecular formula is C20H30N2O3. The molecular weight excluding hydrogens is 316 g/mol. The van der Waals surface area contributed by atoms with Crippen LogP contribution in [-0.4, -0.2) is 41.0 Å². The molecule has 0 spiro atoms. The SMILES string of the molecule is CCOC(=O)c1c(/C=C/C(=O)N(C)C(C)C2CC2)c(C)n(CC)c1C. The molecule has 0 saturated heterocycles. The average Bonchev–Trinajstić information content (AvgIpc) is 3.38. The second kappa shape index (κ2) is 7.89. The fourth-order valence-electron chi connectivity index (χ4n) is 3.41. The summed E-state index contributed by atoms with van der Waals surface area (Å²) in [6.45, 7) is 10.9. The van der Waals surface area contributed by atoms with Crippen molar-refractivity contribution in [1.29, 1.82) is 0 Å². The van der Waals surface area contributed by atoms with Gasteiger partial charge in [0.25, 0.3) is 0 Å². The maximum absolute atomic E-state index is 12.5. The van der Waals surface area contributed by atoms with Gasteiger partial charge in [-0.1, -0.05) is 0 Å². The van der Waals surface area contributed by atoms with Crippen molar-refractivity contribution in [3.8, 4) is 0 Å². The first-order chi connectivity index (χ1) is 11.8. The van der Waals surface area contributed by atoms with Crippen molar-refractivity contribution in [2.24, 2.45) is 5.92 Å². The summed E-state index contributed by atoms with van der Waals surface area (Å²) in [4.78, 5) is 26.7. The third-order valence-corrected chi connectivity index (χ3v) is 5.28. The fraction of sp³-hybridized carbons (Fsp3) is 0.600. The van der Waals surface area contributed by atoms with Crippen molar-refractivity contribution >= 4 is 18.0 Å². The minimum Gasteiger partial charge on any atom is -0.462 e. The van der Waals surface area contributed by atoms with E-state index in [1.807, 2.05) is 27.8 Å². The van der Waals surface area contributed by atoms with E-state index >= 15 is 0 Å². The minimum atomic E-state index is -0.331. The lowest BCUT2D eigenvalue weighted by atomic mass is 10.1. The molecule has 1 unspecified atom stereocenters. The maximum atomic E-state index is 12.5. The van der Waals surface area contributed by atoms with Crippen LogP contribution >= 0.6 is 0 Å². The van der Waals surface area contributed by atoms with Gasteiger partial charge in [-0.3, -0.25) is 4.79 Å². The molecule has 25 heavy (non-hydrogen) atoms. The quantitative estimate of drug-likeness (QED) is 0.560. The van der Waals surface area contributed by atoms with Gasteiger partial charge < -0.3 is 14.2 Å². The lowest BCUT2D eigenvalue weighted by Gasteiger charge is -2.23. The molecule has 1 heterocycles. The number of rotatable bonds is 7. The molecule has 1 amide bonds. The van der Waals surface area contributed by atoms with Crippen LogP contribution in [0, 0.1) is 19.8 Å². The highest BCUT2D eigenvalue weighted by Crippen LogP contribution is 2.34. The molecule has 1 atom stereocenters. The normalized spacial score (nSPS) is 15.4. The van der Waals surface area contributed by atoms with Gasteiger partial charge in [0.1, 0.15) is 0 Å². The Hall–Kier alpha value is -2.04. The molecule has 1 fully saturated rings. The zero-order valence-electron chi connectivity index (χ0n) is 16.3. The molecule has 0 aromatic carbocycles. The molecule has 138 valence electrons. The van der Waals surface area contributed by atoms with Gasteiger partial charge in [0.05, 0.1) is 12.2 Å². The second-order valence-electron chi connectivity index (χ2n) is 6.78. The highest BCUT2D eigenvalue weighted by molar-refractivity contribution is 5.98. The van der Waals surface area contributed by atoms with E-state index in [0.29, 0.717) is 18.1 Å². The third-order valence-electron chi connectivity index (χ3n) is 5.28. The lowest BCUT2D eigenvalue weighted by molar-refractivity contribution is -0.126. The van der Waals surface area contributed by atoms with E-state index < -0.39 is 0 Å². The van der Waals surface area contributed by atoms with Crippen molar-refractivity contribution in [3.63, 3.8) is 0 Å². The second-order valence-corrected chi connectivity index (χ2v) is 6.78. The zero-order valence-corrected chi connectivity index (χ0v) is 16.3. The summed E-state index contributed by atoms with van der Waals surface area (Å²) in [5.74, 6) is 0.264. The largest absolute Gasteiger partial charge is 0.462 e. The minimum absolute atomic E-state index is 0.0319. The molecule has 1 aromatic heterocycles. The van der Waals surface area contributed by atoms with Crippen LogP contribution in [0.25, 0.3) is 6.08 Å². The Morgan fingerprint density at radius 2 is 1.92 bits per heavy atom. The van der Waals surface area contributed by atoms with Gasteiger partial charge in [0.15, 0.2) is 0 Å². The third kappa shape index (κ3) is 3.97. The molecule has 2 rings (SSSR count). The molecule has 0 bridgehead atoms. The van der Waals surface area contributed by atoms with Crippen LogP contribution in [0.4, 0.5) is 0 Å². The summed E-state index contributed by atoms with van der Waals surface area (Å²) in [5, 5.41) is 0. The number of nitrogens with zero attached hydrogens (tertiary/aromatic N) is 2.